The fourth-order valence-corrected chi connectivity index (χ4v) is 1.76. The van der Waals surface area contributed by atoms with E-state index in [9.17, 15) is 9.59 Å². The normalized spacial score (nSPS) is 23.4. The highest BCUT2D eigenvalue weighted by Crippen LogP contribution is 2.27. The van der Waals surface area contributed by atoms with Crippen molar-refractivity contribution >= 4 is 12.3 Å². The molecule has 1 fully saturated rings. The zero-order chi connectivity index (χ0) is 12.1. The molecule has 1 atom stereocenters. The van der Waals surface area contributed by atoms with Crippen LogP contribution in [0.2, 0.25) is 0 Å². The van der Waals surface area contributed by atoms with Crippen LogP contribution in [0.25, 0.3) is 0 Å². The van der Waals surface area contributed by atoms with Gasteiger partial charge in [0.05, 0.1) is 25.0 Å². The molecule has 0 N–H and O–H groups in total. The number of carbonyl (C=O) groups excluding carboxylic acids is 2. The Morgan fingerprint density at radius 3 is 2.71 bits per heavy atom. The lowest BCUT2D eigenvalue weighted by Gasteiger charge is -2.18. The molecule has 2 rings (SSSR count). The topological polar surface area (TPSA) is 52.6 Å². The summed E-state index contributed by atoms with van der Waals surface area (Å²) in [6, 6.07) is 9.68. The van der Waals surface area contributed by atoms with Gasteiger partial charge in [0.15, 0.2) is 0 Å². The number of hydrogen-bond acceptors (Lipinski definition) is 4. The van der Waals surface area contributed by atoms with Crippen LogP contribution in [0.4, 0.5) is 0 Å². The molecule has 1 aliphatic rings. The van der Waals surface area contributed by atoms with Crippen LogP contribution in [0.5, 0.6) is 0 Å². The van der Waals surface area contributed by atoms with Crippen LogP contribution >= 0.6 is 0 Å². The van der Waals surface area contributed by atoms with Crippen molar-refractivity contribution in [3.05, 3.63) is 35.9 Å². The van der Waals surface area contributed by atoms with E-state index in [-0.39, 0.29) is 25.6 Å². The standard InChI is InChI=1S/C13H14O4/c14-8-13(6-12(15)17-10-13)9-16-7-11-4-2-1-3-5-11/h1-5,8H,6-7,9-10H2. The van der Waals surface area contributed by atoms with Gasteiger partial charge in [0.1, 0.15) is 12.9 Å². The maximum Gasteiger partial charge on any atom is 0.307 e. The molecule has 0 radical (unpaired) electrons. The molecule has 4 heteroatoms. The monoisotopic (exact) mass is 234 g/mol. The first-order chi connectivity index (χ1) is 8.24. The first-order valence-electron chi connectivity index (χ1n) is 5.48. The fourth-order valence-electron chi connectivity index (χ4n) is 1.76. The summed E-state index contributed by atoms with van der Waals surface area (Å²) in [5, 5.41) is 0. The number of hydrogen-bond donors (Lipinski definition) is 0. The second kappa shape index (κ2) is 5.10. The highest BCUT2D eigenvalue weighted by molar-refractivity contribution is 5.79. The van der Waals surface area contributed by atoms with Crippen molar-refractivity contribution in [2.75, 3.05) is 13.2 Å². The van der Waals surface area contributed by atoms with Gasteiger partial charge in [0.25, 0.3) is 0 Å². The van der Waals surface area contributed by atoms with Gasteiger partial charge < -0.3 is 14.3 Å². The summed E-state index contributed by atoms with van der Waals surface area (Å²) in [4.78, 5) is 22.0. The first kappa shape index (κ1) is 11.8. The number of ether oxygens (including phenoxy) is 2. The molecule has 1 saturated heterocycles. The van der Waals surface area contributed by atoms with Gasteiger partial charge in [-0.1, -0.05) is 30.3 Å². The molecule has 1 aromatic rings. The lowest BCUT2D eigenvalue weighted by atomic mass is 9.90. The highest BCUT2D eigenvalue weighted by Gasteiger charge is 2.40. The van der Waals surface area contributed by atoms with Crippen LogP contribution in [0.15, 0.2) is 30.3 Å². The lowest BCUT2D eigenvalue weighted by Crippen LogP contribution is -2.29. The zero-order valence-corrected chi connectivity index (χ0v) is 9.43. The van der Waals surface area contributed by atoms with Crippen molar-refractivity contribution in [2.45, 2.75) is 13.0 Å². The molecule has 17 heavy (non-hydrogen) atoms. The Bertz CT molecular complexity index is 401. The molecule has 0 aromatic heterocycles. The second-order valence-corrected chi connectivity index (χ2v) is 4.30. The van der Waals surface area contributed by atoms with E-state index in [4.69, 9.17) is 9.47 Å². The van der Waals surface area contributed by atoms with E-state index in [1.807, 2.05) is 30.3 Å². The Morgan fingerprint density at radius 2 is 2.12 bits per heavy atom. The zero-order valence-electron chi connectivity index (χ0n) is 9.43. The predicted molar refractivity (Wildman–Crippen MR) is 60.2 cm³/mol. The molecule has 0 bridgehead atoms. The van der Waals surface area contributed by atoms with Gasteiger partial charge in [-0.25, -0.2) is 0 Å². The summed E-state index contributed by atoms with van der Waals surface area (Å²) in [7, 11) is 0. The third-order valence-electron chi connectivity index (χ3n) is 2.77. The Labute approximate surface area is 99.5 Å². The van der Waals surface area contributed by atoms with Gasteiger partial charge in [0.2, 0.25) is 0 Å². The quantitative estimate of drug-likeness (QED) is 0.570. The Kier molecular flexibility index (Phi) is 3.54. The van der Waals surface area contributed by atoms with Gasteiger partial charge in [-0.3, -0.25) is 4.79 Å². The van der Waals surface area contributed by atoms with E-state index in [0.717, 1.165) is 11.8 Å². The van der Waals surface area contributed by atoms with Crippen LogP contribution in [-0.2, 0) is 25.7 Å². The Morgan fingerprint density at radius 1 is 1.35 bits per heavy atom. The van der Waals surface area contributed by atoms with Crippen molar-refractivity contribution in [1.29, 1.82) is 0 Å². The Hall–Kier alpha value is -1.68. The van der Waals surface area contributed by atoms with E-state index in [2.05, 4.69) is 0 Å². The third-order valence-corrected chi connectivity index (χ3v) is 2.77. The maximum absolute atomic E-state index is 11.0. The second-order valence-electron chi connectivity index (χ2n) is 4.30. The number of esters is 1. The predicted octanol–water partition coefficient (Wildman–Crippen LogP) is 1.34. The van der Waals surface area contributed by atoms with Crippen LogP contribution in [0.3, 0.4) is 0 Å². The summed E-state index contributed by atoms with van der Waals surface area (Å²) in [5.74, 6) is -0.333. The van der Waals surface area contributed by atoms with Crippen LogP contribution in [0.1, 0.15) is 12.0 Å². The maximum atomic E-state index is 11.0. The molecule has 4 nitrogen and oxygen atoms in total. The number of rotatable bonds is 5. The average Bonchev–Trinajstić information content (AvgIpc) is 2.73. The summed E-state index contributed by atoms with van der Waals surface area (Å²) in [5.41, 5.74) is 0.255. The molecule has 0 spiro atoms. The number of carbonyl (C=O) groups is 2. The van der Waals surface area contributed by atoms with Crippen molar-refractivity contribution in [2.24, 2.45) is 5.41 Å². The van der Waals surface area contributed by atoms with E-state index in [1.54, 1.807) is 0 Å². The van der Waals surface area contributed by atoms with Crippen LogP contribution in [-0.4, -0.2) is 25.5 Å². The summed E-state index contributed by atoms with van der Waals surface area (Å²) in [6.45, 7) is 0.784. The summed E-state index contributed by atoms with van der Waals surface area (Å²) in [6.07, 6.45) is 0.883. The summed E-state index contributed by atoms with van der Waals surface area (Å²) >= 11 is 0. The smallest absolute Gasteiger partial charge is 0.307 e. The Balaban J connectivity index is 1.85. The summed E-state index contributed by atoms with van der Waals surface area (Å²) < 4.78 is 10.3. The molecule has 90 valence electrons. The molecule has 1 aliphatic heterocycles. The molecule has 0 saturated carbocycles. The minimum absolute atomic E-state index is 0.116. The molecule has 1 unspecified atom stereocenters. The van der Waals surface area contributed by atoms with Crippen molar-refractivity contribution in [1.82, 2.24) is 0 Å². The minimum atomic E-state index is -0.786. The first-order valence-corrected chi connectivity index (χ1v) is 5.48. The third kappa shape index (κ3) is 2.91. The number of aldehydes is 1. The van der Waals surface area contributed by atoms with Crippen LogP contribution in [0, 0.1) is 5.41 Å². The van der Waals surface area contributed by atoms with Gasteiger partial charge in [-0.05, 0) is 5.56 Å². The van der Waals surface area contributed by atoms with Crippen molar-refractivity contribution < 1.29 is 19.1 Å². The van der Waals surface area contributed by atoms with Crippen molar-refractivity contribution in [3.63, 3.8) is 0 Å². The average molecular weight is 234 g/mol. The van der Waals surface area contributed by atoms with Gasteiger partial charge in [-0.2, -0.15) is 0 Å². The van der Waals surface area contributed by atoms with Gasteiger partial charge in [-0.15, -0.1) is 0 Å². The molecular formula is C13H14O4. The largest absolute Gasteiger partial charge is 0.464 e. The lowest BCUT2D eigenvalue weighted by molar-refractivity contribution is -0.137. The van der Waals surface area contributed by atoms with E-state index >= 15 is 0 Å². The number of cyclic esters (lactones) is 1. The molecule has 1 heterocycles. The highest BCUT2D eigenvalue weighted by atomic mass is 16.5. The van der Waals surface area contributed by atoms with Gasteiger partial charge >= 0.3 is 5.97 Å². The number of benzene rings is 1. The molecule has 0 amide bonds. The van der Waals surface area contributed by atoms with Crippen molar-refractivity contribution in [3.8, 4) is 0 Å². The van der Waals surface area contributed by atoms with Crippen LogP contribution < -0.4 is 0 Å². The molecule has 0 aliphatic carbocycles. The van der Waals surface area contributed by atoms with E-state index < -0.39 is 5.41 Å². The molecular weight excluding hydrogens is 220 g/mol. The van der Waals surface area contributed by atoms with Gasteiger partial charge in [0, 0.05) is 0 Å². The molecule has 1 aromatic carbocycles. The minimum Gasteiger partial charge on any atom is -0.464 e. The van der Waals surface area contributed by atoms with E-state index in [1.165, 1.54) is 0 Å². The fraction of sp³-hybridized carbons (Fsp3) is 0.385. The van der Waals surface area contributed by atoms with E-state index in [0.29, 0.717) is 6.61 Å². The SMILES string of the molecule is O=CC1(COCc2ccccc2)COC(=O)C1.